The third-order valence-corrected chi connectivity index (χ3v) is 3.31. The Morgan fingerprint density at radius 1 is 1.28 bits per heavy atom. The van der Waals surface area contributed by atoms with Gasteiger partial charge in [-0.2, -0.15) is 0 Å². The number of benzene rings is 1. The first-order valence-electron chi connectivity index (χ1n) is 6.28. The van der Waals surface area contributed by atoms with E-state index in [1.807, 2.05) is 12.1 Å². The van der Waals surface area contributed by atoms with Crippen LogP contribution in [0.2, 0.25) is 0 Å². The highest BCUT2D eigenvalue weighted by atomic mass is 16.1. The second-order valence-corrected chi connectivity index (χ2v) is 4.56. The summed E-state index contributed by atoms with van der Waals surface area (Å²) >= 11 is 0. The average molecular weight is 242 g/mol. The third kappa shape index (κ3) is 2.21. The number of aryl methyl sites for hydroxylation is 1. The molecular weight excluding hydrogens is 224 g/mol. The number of aromatic amines is 1. The van der Waals surface area contributed by atoms with Gasteiger partial charge < -0.3 is 4.98 Å². The minimum absolute atomic E-state index is 0.0252. The molecule has 2 aromatic rings. The van der Waals surface area contributed by atoms with E-state index in [1.165, 1.54) is 17.5 Å². The molecule has 0 amide bonds. The summed E-state index contributed by atoms with van der Waals surface area (Å²) in [5, 5.41) is 0. The Morgan fingerprint density at radius 3 is 2.78 bits per heavy atom. The molecule has 3 heteroatoms. The molecule has 18 heavy (non-hydrogen) atoms. The molecule has 0 saturated heterocycles. The first kappa shape index (κ1) is 12.6. The van der Waals surface area contributed by atoms with Crippen molar-refractivity contribution in [3.8, 4) is 11.3 Å². The van der Waals surface area contributed by atoms with E-state index < -0.39 is 0 Å². The van der Waals surface area contributed by atoms with Crippen LogP contribution in [-0.4, -0.2) is 9.97 Å². The highest BCUT2D eigenvalue weighted by Gasteiger charge is 2.12. The van der Waals surface area contributed by atoms with Crippen molar-refractivity contribution in [1.29, 1.82) is 0 Å². The quantitative estimate of drug-likeness (QED) is 0.899. The Labute approximate surface area is 107 Å². The van der Waals surface area contributed by atoms with Crippen LogP contribution in [0.5, 0.6) is 0 Å². The van der Waals surface area contributed by atoms with Crippen molar-refractivity contribution in [3.05, 3.63) is 51.6 Å². The first-order valence-corrected chi connectivity index (χ1v) is 6.28. The topological polar surface area (TPSA) is 45.8 Å². The zero-order valence-electron chi connectivity index (χ0n) is 11.1. The average Bonchev–Trinajstić information content (AvgIpc) is 2.36. The van der Waals surface area contributed by atoms with Gasteiger partial charge in [-0.05, 0) is 31.4 Å². The molecule has 2 rings (SSSR count). The summed E-state index contributed by atoms with van der Waals surface area (Å²) in [7, 11) is 0. The lowest BCUT2D eigenvalue weighted by atomic mass is 9.97. The van der Waals surface area contributed by atoms with Gasteiger partial charge in [0, 0.05) is 11.1 Å². The molecule has 0 fully saturated rings. The van der Waals surface area contributed by atoms with Crippen molar-refractivity contribution in [2.24, 2.45) is 0 Å². The summed E-state index contributed by atoms with van der Waals surface area (Å²) in [4.78, 5) is 18.9. The summed E-state index contributed by atoms with van der Waals surface area (Å²) in [6.07, 6.45) is 3.18. The van der Waals surface area contributed by atoms with Crippen LogP contribution in [0, 0.1) is 13.8 Å². The van der Waals surface area contributed by atoms with E-state index in [0.29, 0.717) is 0 Å². The molecule has 3 nitrogen and oxygen atoms in total. The smallest absolute Gasteiger partial charge is 0.254 e. The molecule has 0 radical (unpaired) electrons. The number of aromatic nitrogens is 2. The van der Waals surface area contributed by atoms with Crippen LogP contribution >= 0.6 is 0 Å². The van der Waals surface area contributed by atoms with E-state index in [4.69, 9.17) is 0 Å². The number of hydrogen-bond donors (Lipinski definition) is 1. The zero-order valence-corrected chi connectivity index (χ0v) is 11.1. The minimum atomic E-state index is -0.0252. The van der Waals surface area contributed by atoms with Gasteiger partial charge in [0.15, 0.2) is 0 Å². The zero-order chi connectivity index (χ0) is 13.1. The van der Waals surface area contributed by atoms with Crippen LogP contribution in [0.25, 0.3) is 11.3 Å². The van der Waals surface area contributed by atoms with Crippen molar-refractivity contribution in [1.82, 2.24) is 9.97 Å². The summed E-state index contributed by atoms with van der Waals surface area (Å²) in [5.74, 6) is 0. The Balaban J connectivity index is 2.67. The highest BCUT2D eigenvalue weighted by Crippen LogP contribution is 2.25. The van der Waals surface area contributed by atoms with E-state index in [9.17, 15) is 4.79 Å². The maximum atomic E-state index is 11.9. The van der Waals surface area contributed by atoms with E-state index in [0.717, 1.165) is 29.7 Å². The Kier molecular flexibility index (Phi) is 3.60. The minimum Gasteiger partial charge on any atom is -0.313 e. The summed E-state index contributed by atoms with van der Waals surface area (Å²) in [6.45, 7) is 6.22. The molecular formula is C15H18N2O. The summed E-state index contributed by atoms with van der Waals surface area (Å²) < 4.78 is 0. The Hall–Kier alpha value is -1.90. The molecule has 1 aromatic carbocycles. The lowest BCUT2D eigenvalue weighted by Gasteiger charge is -2.11. The predicted molar refractivity (Wildman–Crippen MR) is 73.8 cm³/mol. The summed E-state index contributed by atoms with van der Waals surface area (Å²) in [5.41, 5.74) is 5.05. The number of rotatable bonds is 3. The maximum absolute atomic E-state index is 11.9. The number of nitrogens with zero attached hydrogens (tertiary/aromatic N) is 1. The largest absolute Gasteiger partial charge is 0.313 e. The van der Waals surface area contributed by atoms with Gasteiger partial charge in [-0.15, -0.1) is 0 Å². The molecule has 0 aliphatic carbocycles. The second kappa shape index (κ2) is 5.17. The molecule has 0 atom stereocenters. The highest BCUT2D eigenvalue weighted by molar-refractivity contribution is 5.67. The van der Waals surface area contributed by atoms with Crippen LogP contribution in [0.4, 0.5) is 0 Å². The lowest BCUT2D eigenvalue weighted by molar-refractivity contribution is 0.887. The monoisotopic (exact) mass is 242 g/mol. The van der Waals surface area contributed by atoms with Gasteiger partial charge in [0.25, 0.3) is 5.56 Å². The Morgan fingerprint density at radius 2 is 2.06 bits per heavy atom. The van der Waals surface area contributed by atoms with Crippen LogP contribution in [0.15, 0.2) is 29.3 Å². The lowest BCUT2D eigenvalue weighted by Crippen LogP contribution is -2.15. The molecule has 0 aliphatic heterocycles. The van der Waals surface area contributed by atoms with Crippen LogP contribution in [0.3, 0.4) is 0 Å². The van der Waals surface area contributed by atoms with Gasteiger partial charge in [0.2, 0.25) is 0 Å². The van der Waals surface area contributed by atoms with Gasteiger partial charge in [-0.25, -0.2) is 4.98 Å². The van der Waals surface area contributed by atoms with Crippen LogP contribution in [0.1, 0.15) is 30.0 Å². The molecule has 1 N–H and O–H groups in total. The summed E-state index contributed by atoms with van der Waals surface area (Å²) in [6, 6.07) is 6.12. The van der Waals surface area contributed by atoms with E-state index in [-0.39, 0.29) is 5.56 Å². The number of H-pyrrole nitrogens is 1. The fraction of sp³-hybridized carbons (Fsp3) is 0.333. The standard InChI is InChI=1S/C15H18N2O/c1-4-6-13-14(16-9-17-15(13)18)12-8-5-7-10(2)11(12)3/h5,7-9H,4,6H2,1-3H3,(H,16,17,18). The molecule has 94 valence electrons. The van der Waals surface area contributed by atoms with Gasteiger partial charge in [0.05, 0.1) is 12.0 Å². The van der Waals surface area contributed by atoms with Crippen molar-refractivity contribution < 1.29 is 0 Å². The van der Waals surface area contributed by atoms with Crippen LogP contribution in [-0.2, 0) is 6.42 Å². The van der Waals surface area contributed by atoms with Crippen molar-refractivity contribution in [2.45, 2.75) is 33.6 Å². The molecule has 0 unspecified atom stereocenters. The molecule has 0 saturated carbocycles. The Bertz CT molecular complexity index is 614. The fourth-order valence-corrected chi connectivity index (χ4v) is 2.15. The van der Waals surface area contributed by atoms with Crippen molar-refractivity contribution >= 4 is 0 Å². The van der Waals surface area contributed by atoms with Crippen molar-refractivity contribution in [3.63, 3.8) is 0 Å². The van der Waals surface area contributed by atoms with E-state index in [2.05, 4.69) is 36.8 Å². The maximum Gasteiger partial charge on any atom is 0.254 e. The number of hydrogen-bond acceptors (Lipinski definition) is 2. The van der Waals surface area contributed by atoms with Gasteiger partial charge in [-0.1, -0.05) is 31.5 Å². The molecule has 1 aromatic heterocycles. The van der Waals surface area contributed by atoms with Gasteiger partial charge in [-0.3, -0.25) is 4.79 Å². The fourth-order valence-electron chi connectivity index (χ4n) is 2.15. The first-order chi connectivity index (χ1) is 8.65. The number of nitrogens with one attached hydrogen (secondary N) is 1. The van der Waals surface area contributed by atoms with Crippen LogP contribution < -0.4 is 5.56 Å². The van der Waals surface area contributed by atoms with E-state index in [1.54, 1.807) is 0 Å². The molecule has 0 bridgehead atoms. The molecule has 0 spiro atoms. The molecule has 1 heterocycles. The third-order valence-electron chi connectivity index (χ3n) is 3.31. The van der Waals surface area contributed by atoms with Gasteiger partial charge in [0.1, 0.15) is 0 Å². The SMILES string of the molecule is CCCc1c(-c2cccc(C)c2C)nc[nH]c1=O. The van der Waals surface area contributed by atoms with Gasteiger partial charge >= 0.3 is 0 Å². The normalized spacial score (nSPS) is 10.6. The predicted octanol–water partition coefficient (Wildman–Crippen LogP) is 3.01. The second-order valence-electron chi connectivity index (χ2n) is 4.56. The van der Waals surface area contributed by atoms with E-state index >= 15 is 0 Å². The van der Waals surface area contributed by atoms with Crippen molar-refractivity contribution in [2.75, 3.05) is 0 Å². The molecule has 0 aliphatic rings.